The lowest BCUT2D eigenvalue weighted by Crippen LogP contribution is -2.35. The second kappa shape index (κ2) is 5.33. The van der Waals surface area contributed by atoms with Crippen LogP contribution in [-0.4, -0.2) is 29.2 Å². The number of aryl methyl sites for hydroxylation is 1. The predicted molar refractivity (Wildman–Crippen MR) is 79.9 cm³/mol. The maximum absolute atomic E-state index is 5.94. The fourth-order valence-corrected chi connectivity index (χ4v) is 3.06. The summed E-state index contributed by atoms with van der Waals surface area (Å²) in [4.78, 5) is 2.35. The summed E-state index contributed by atoms with van der Waals surface area (Å²) >= 11 is 5.94. The van der Waals surface area contributed by atoms with Gasteiger partial charge in [0.2, 0.25) is 0 Å². The molecule has 0 spiro atoms. The first kappa shape index (κ1) is 12.7. The third-order valence-electron chi connectivity index (χ3n) is 3.98. The number of aromatic nitrogens is 2. The summed E-state index contributed by atoms with van der Waals surface area (Å²) in [6.45, 7) is 4.07. The third-order valence-corrected chi connectivity index (χ3v) is 4.42. The maximum atomic E-state index is 5.94. The highest BCUT2D eigenvalue weighted by Crippen LogP contribution is 2.29. The van der Waals surface area contributed by atoms with Crippen molar-refractivity contribution in [3.05, 3.63) is 30.0 Å². The van der Waals surface area contributed by atoms with Gasteiger partial charge in [0.05, 0.1) is 5.69 Å². The van der Waals surface area contributed by atoms with Crippen molar-refractivity contribution in [3.8, 4) is 0 Å². The molecule has 1 aromatic carbocycles. The highest BCUT2D eigenvalue weighted by atomic mass is 35.5. The van der Waals surface area contributed by atoms with Crippen LogP contribution < -0.4 is 4.90 Å². The van der Waals surface area contributed by atoms with Gasteiger partial charge in [-0.2, -0.15) is 5.10 Å². The maximum Gasteiger partial charge on any atom is 0.159 e. The molecule has 0 radical (unpaired) electrons. The molecule has 1 aromatic heterocycles. The quantitative estimate of drug-likeness (QED) is 0.787. The van der Waals surface area contributed by atoms with E-state index in [1.807, 2.05) is 6.92 Å². The van der Waals surface area contributed by atoms with Crippen molar-refractivity contribution in [1.29, 1.82) is 0 Å². The highest BCUT2D eigenvalue weighted by Gasteiger charge is 2.21. The van der Waals surface area contributed by atoms with Crippen molar-refractivity contribution < 1.29 is 0 Å². The molecule has 0 amide bonds. The van der Waals surface area contributed by atoms with Crippen LogP contribution in [0.4, 0.5) is 5.82 Å². The molecule has 1 aliphatic rings. The molecular weight excluding hydrogens is 258 g/mol. The molecule has 0 atom stereocenters. The van der Waals surface area contributed by atoms with Crippen molar-refractivity contribution in [2.45, 2.75) is 19.8 Å². The lowest BCUT2D eigenvalue weighted by molar-refractivity contribution is 0.441. The van der Waals surface area contributed by atoms with Crippen LogP contribution in [0.5, 0.6) is 0 Å². The van der Waals surface area contributed by atoms with E-state index in [-0.39, 0.29) is 0 Å². The molecule has 3 rings (SSSR count). The third kappa shape index (κ3) is 2.39. The number of benzene rings is 1. The molecule has 3 nitrogen and oxygen atoms in total. The van der Waals surface area contributed by atoms with E-state index in [1.165, 1.54) is 10.8 Å². The number of rotatable bonds is 2. The number of alkyl halides is 1. The van der Waals surface area contributed by atoms with E-state index < -0.39 is 0 Å². The summed E-state index contributed by atoms with van der Waals surface area (Å²) in [6, 6.07) is 8.38. The Labute approximate surface area is 118 Å². The fraction of sp³-hybridized carbons (Fsp3) is 0.467. The molecule has 1 fully saturated rings. The Bertz CT molecular complexity index is 577. The first-order valence-electron chi connectivity index (χ1n) is 6.82. The first-order chi connectivity index (χ1) is 9.29. The molecule has 0 bridgehead atoms. The molecule has 19 heavy (non-hydrogen) atoms. The van der Waals surface area contributed by atoms with Crippen LogP contribution in [0.15, 0.2) is 24.3 Å². The van der Waals surface area contributed by atoms with E-state index in [4.69, 9.17) is 11.6 Å². The van der Waals surface area contributed by atoms with Crippen molar-refractivity contribution in [2.24, 2.45) is 5.92 Å². The molecule has 0 aliphatic carbocycles. The van der Waals surface area contributed by atoms with Crippen LogP contribution in [0, 0.1) is 12.8 Å². The number of halogens is 1. The lowest BCUT2D eigenvalue weighted by Gasteiger charge is -2.32. The zero-order valence-corrected chi connectivity index (χ0v) is 11.9. The number of hydrogen-bond acceptors (Lipinski definition) is 3. The van der Waals surface area contributed by atoms with Crippen LogP contribution in [-0.2, 0) is 0 Å². The molecule has 1 aliphatic heterocycles. The zero-order chi connectivity index (χ0) is 13.2. The normalized spacial score (nSPS) is 17.1. The van der Waals surface area contributed by atoms with Crippen LogP contribution in [0.2, 0.25) is 0 Å². The SMILES string of the molecule is Cc1nnc(N2CCC(CCl)CC2)c2ccccc12. The smallest absolute Gasteiger partial charge is 0.159 e. The van der Waals surface area contributed by atoms with Crippen molar-refractivity contribution in [3.63, 3.8) is 0 Å². The van der Waals surface area contributed by atoms with Gasteiger partial charge in [0.1, 0.15) is 0 Å². The van der Waals surface area contributed by atoms with Crippen LogP contribution in [0.1, 0.15) is 18.5 Å². The van der Waals surface area contributed by atoms with Gasteiger partial charge in [-0.1, -0.05) is 24.3 Å². The average molecular weight is 276 g/mol. The van der Waals surface area contributed by atoms with E-state index in [1.54, 1.807) is 0 Å². The average Bonchev–Trinajstić information content (AvgIpc) is 2.48. The topological polar surface area (TPSA) is 29.0 Å². The summed E-state index contributed by atoms with van der Waals surface area (Å²) in [7, 11) is 0. The molecule has 2 aromatic rings. The molecule has 100 valence electrons. The number of nitrogens with zero attached hydrogens (tertiary/aromatic N) is 3. The number of anilines is 1. The van der Waals surface area contributed by atoms with Crippen LogP contribution in [0.25, 0.3) is 10.8 Å². The molecule has 0 N–H and O–H groups in total. The van der Waals surface area contributed by atoms with E-state index in [2.05, 4.69) is 39.4 Å². The van der Waals surface area contributed by atoms with Crippen LogP contribution in [0.3, 0.4) is 0 Å². The van der Waals surface area contributed by atoms with E-state index in [9.17, 15) is 0 Å². The van der Waals surface area contributed by atoms with Gasteiger partial charge in [-0.3, -0.25) is 0 Å². The number of hydrogen-bond donors (Lipinski definition) is 0. The Hall–Kier alpha value is -1.35. The second-order valence-corrected chi connectivity index (χ2v) is 5.55. The predicted octanol–water partition coefficient (Wildman–Crippen LogP) is 3.39. The van der Waals surface area contributed by atoms with E-state index >= 15 is 0 Å². The standard InChI is InChI=1S/C15H18ClN3/c1-11-13-4-2-3-5-14(13)15(18-17-11)19-8-6-12(10-16)7-9-19/h2-5,12H,6-10H2,1H3. The molecular formula is C15H18ClN3. The zero-order valence-electron chi connectivity index (χ0n) is 11.1. The van der Waals surface area contributed by atoms with Gasteiger partial charge < -0.3 is 4.90 Å². The summed E-state index contributed by atoms with van der Waals surface area (Å²) < 4.78 is 0. The van der Waals surface area contributed by atoms with Crippen molar-refractivity contribution in [1.82, 2.24) is 10.2 Å². The van der Waals surface area contributed by atoms with Gasteiger partial charge >= 0.3 is 0 Å². The largest absolute Gasteiger partial charge is 0.355 e. The summed E-state index contributed by atoms with van der Waals surface area (Å²) in [5.41, 5.74) is 0.995. The lowest BCUT2D eigenvalue weighted by atomic mass is 9.98. The number of fused-ring (bicyclic) bond motifs is 1. The Morgan fingerprint density at radius 2 is 1.84 bits per heavy atom. The highest BCUT2D eigenvalue weighted by molar-refractivity contribution is 6.18. The second-order valence-electron chi connectivity index (χ2n) is 5.24. The summed E-state index contributed by atoms with van der Waals surface area (Å²) in [5.74, 6) is 2.45. The number of piperidine rings is 1. The van der Waals surface area contributed by atoms with Gasteiger partial charge in [-0.25, -0.2) is 0 Å². The minimum Gasteiger partial charge on any atom is -0.355 e. The Morgan fingerprint density at radius 1 is 1.16 bits per heavy atom. The molecule has 2 heterocycles. The molecule has 4 heteroatoms. The Balaban J connectivity index is 1.95. The molecule has 0 saturated carbocycles. The van der Waals surface area contributed by atoms with E-state index in [0.717, 1.165) is 43.3 Å². The summed E-state index contributed by atoms with van der Waals surface area (Å²) in [6.07, 6.45) is 2.29. The van der Waals surface area contributed by atoms with Gasteiger partial charge in [0.15, 0.2) is 5.82 Å². The monoisotopic (exact) mass is 275 g/mol. The Morgan fingerprint density at radius 3 is 2.53 bits per heavy atom. The van der Waals surface area contributed by atoms with Gasteiger partial charge in [-0.05, 0) is 25.7 Å². The van der Waals surface area contributed by atoms with Gasteiger partial charge in [0, 0.05) is 29.7 Å². The van der Waals surface area contributed by atoms with Crippen molar-refractivity contribution in [2.75, 3.05) is 23.9 Å². The fourth-order valence-electron chi connectivity index (χ4n) is 2.76. The van der Waals surface area contributed by atoms with E-state index in [0.29, 0.717) is 5.92 Å². The first-order valence-corrected chi connectivity index (χ1v) is 7.36. The molecule has 1 saturated heterocycles. The Kier molecular flexibility index (Phi) is 3.56. The van der Waals surface area contributed by atoms with Crippen molar-refractivity contribution >= 4 is 28.2 Å². The summed E-state index contributed by atoms with van der Waals surface area (Å²) in [5, 5.41) is 11.1. The van der Waals surface area contributed by atoms with Gasteiger partial charge in [-0.15, -0.1) is 16.7 Å². The minimum atomic E-state index is 0.655. The van der Waals surface area contributed by atoms with Gasteiger partial charge in [0.25, 0.3) is 0 Å². The molecule has 0 unspecified atom stereocenters. The van der Waals surface area contributed by atoms with Crippen LogP contribution >= 0.6 is 11.6 Å². The minimum absolute atomic E-state index is 0.655.